The predicted molar refractivity (Wildman–Crippen MR) is 81.4 cm³/mol. The molecule has 0 saturated heterocycles. The highest BCUT2D eigenvalue weighted by atomic mass is 14.6. The summed E-state index contributed by atoms with van der Waals surface area (Å²) in [5, 5.41) is 0. The van der Waals surface area contributed by atoms with Crippen molar-refractivity contribution >= 4 is 11.1 Å². The zero-order valence-electron chi connectivity index (χ0n) is 10.8. The quantitative estimate of drug-likeness (QED) is 0.856. The van der Waals surface area contributed by atoms with Crippen molar-refractivity contribution in [3.8, 4) is 0 Å². The second-order valence-electron chi connectivity index (χ2n) is 4.83. The standard InChI is InChI=1S/C18H17N/c19-18-12-11-16(14-7-3-1-4-8-14)13-17(18)15-9-5-2-6-10-15/h1-11,13,18H,12,19H2. The highest BCUT2D eigenvalue weighted by Gasteiger charge is 2.16. The number of benzene rings is 2. The third kappa shape index (κ3) is 2.51. The molecule has 0 amide bonds. The average molecular weight is 247 g/mol. The zero-order valence-corrected chi connectivity index (χ0v) is 10.8. The van der Waals surface area contributed by atoms with Gasteiger partial charge in [-0.05, 0) is 34.8 Å². The molecule has 94 valence electrons. The summed E-state index contributed by atoms with van der Waals surface area (Å²) in [6.45, 7) is 0. The smallest absolute Gasteiger partial charge is 0.0336 e. The Labute approximate surface area is 114 Å². The summed E-state index contributed by atoms with van der Waals surface area (Å²) < 4.78 is 0. The minimum atomic E-state index is 0.0925. The first-order chi connectivity index (χ1) is 9.34. The van der Waals surface area contributed by atoms with Crippen LogP contribution in [0.3, 0.4) is 0 Å². The lowest BCUT2D eigenvalue weighted by molar-refractivity contribution is 0.847. The summed E-state index contributed by atoms with van der Waals surface area (Å²) in [5.74, 6) is 0. The molecular formula is C18H17N. The Morgan fingerprint density at radius 3 is 2.00 bits per heavy atom. The highest BCUT2D eigenvalue weighted by Crippen LogP contribution is 2.30. The summed E-state index contributed by atoms with van der Waals surface area (Å²) in [6.07, 6.45) is 5.34. The van der Waals surface area contributed by atoms with Crippen molar-refractivity contribution in [2.75, 3.05) is 0 Å². The summed E-state index contributed by atoms with van der Waals surface area (Å²) in [7, 11) is 0. The number of allylic oxidation sites excluding steroid dienone is 2. The van der Waals surface area contributed by atoms with E-state index in [1.807, 2.05) is 12.1 Å². The van der Waals surface area contributed by atoms with Gasteiger partial charge < -0.3 is 5.73 Å². The van der Waals surface area contributed by atoms with Crippen molar-refractivity contribution in [2.45, 2.75) is 12.5 Å². The van der Waals surface area contributed by atoms with Gasteiger partial charge in [0.1, 0.15) is 0 Å². The van der Waals surface area contributed by atoms with E-state index in [9.17, 15) is 0 Å². The zero-order chi connectivity index (χ0) is 13.1. The summed E-state index contributed by atoms with van der Waals surface area (Å²) >= 11 is 0. The van der Waals surface area contributed by atoms with Crippen molar-refractivity contribution in [3.05, 3.63) is 83.9 Å². The van der Waals surface area contributed by atoms with Crippen LogP contribution in [-0.4, -0.2) is 6.04 Å². The monoisotopic (exact) mass is 247 g/mol. The lowest BCUT2D eigenvalue weighted by Crippen LogP contribution is -2.23. The van der Waals surface area contributed by atoms with Crippen LogP contribution in [0.1, 0.15) is 17.5 Å². The molecule has 1 heteroatoms. The first-order valence-corrected chi connectivity index (χ1v) is 6.63. The minimum absolute atomic E-state index is 0.0925. The average Bonchev–Trinajstić information content (AvgIpc) is 2.49. The van der Waals surface area contributed by atoms with Crippen LogP contribution in [-0.2, 0) is 0 Å². The van der Waals surface area contributed by atoms with E-state index in [4.69, 9.17) is 5.73 Å². The van der Waals surface area contributed by atoms with E-state index >= 15 is 0 Å². The summed E-state index contributed by atoms with van der Waals surface area (Å²) in [5.41, 5.74) is 11.2. The molecule has 0 heterocycles. The molecule has 0 radical (unpaired) electrons. The molecule has 0 spiro atoms. The van der Waals surface area contributed by atoms with Crippen LogP contribution in [0.15, 0.2) is 72.8 Å². The molecule has 3 rings (SSSR count). The van der Waals surface area contributed by atoms with Crippen LogP contribution in [0.2, 0.25) is 0 Å². The van der Waals surface area contributed by atoms with E-state index in [0.717, 1.165) is 6.42 Å². The lowest BCUT2D eigenvalue weighted by atomic mass is 9.88. The molecule has 1 nitrogen and oxygen atoms in total. The van der Waals surface area contributed by atoms with Crippen LogP contribution >= 0.6 is 0 Å². The maximum absolute atomic E-state index is 6.24. The summed E-state index contributed by atoms with van der Waals surface area (Å²) in [6, 6.07) is 21.0. The van der Waals surface area contributed by atoms with Crippen molar-refractivity contribution in [1.29, 1.82) is 0 Å². The van der Waals surface area contributed by atoms with E-state index in [-0.39, 0.29) is 6.04 Å². The largest absolute Gasteiger partial charge is 0.324 e. The SMILES string of the molecule is NC1CC=C(c2ccccc2)C=C1c1ccccc1. The molecule has 0 aliphatic heterocycles. The van der Waals surface area contributed by atoms with Gasteiger partial charge in [0.15, 0.2) is 0 Å². The Morgan fingerprint density at radius 1 is 0.789 bits per heavy atom. The van der Waals surface area contributed by atoms with Gasteiger partial charge in [-0.1, -0.05) is 66.7 Å². The third-order valence-electron chi connectivity index (χ3n) is 3.52. The third-order valence-corrected chi connectivity index (χ3v) is 3.52. The molecule has 1 aliphatic rings. The van der Waals surface area contributed by atoms with E-state index in [1.165, 1.54) is 22.3 Å². The summed E-state index contributed by atoms with van der Waals surface area (Å²) in [4.78, 5) is 0. The number of hydrogen-bond acceptors (Lipinski definition) is 1. The predicted octanol–water partition coefficient (Wildman–Crippen LogP) is 3.88. The molecule has 2 aromatic carbocycles. The molecule has 0 fully saturated rings. The van der Waals surface area contributed by atoms with E-state index in [0.29, 0.717) is 0 Å². The van der Waals surface area contributed by atoms with Gasteiger partial charge in [-0.2, -0.15) is 0 Å². The molecule has 0 bridgehead atoms. The van der Waals surface area contributed by atoms with Gasteiger partial charge in [0.05, 0.1) is 0 Å². The van der Waals surface area contributed by atoms with Crippen molar-refractivity contribution in [1.82, 2.24) is 0 Å². The van der Waals surface area contributed by atoms with Crippen molar-refractivity contribution < 1.29 is 0 Å². The fourth-order valence-corrected chi connectivity index (χ4v) is 2.47. The lowest BCUT2D eigenvalue weighted by Gasteiger charge is -2.21. The van der Waals surface area contributed by atoms with E-state index in [2.05, 4.69) is 60.7 Å². The molecule has 0 aromatic heterocycles. The Kier molecular flexibility index (Phi) is 3.30. The van der Waals surface area contributed by atoms with Crippen LogP contribution in [0.25, 0.3) is 11.1 Å². The maximum Gasteiger partial charge on any atom is 0.0336 e. The molecule has 1 atom stereocenters. The highest BCUT2D eigenvalue weighted by molar-refractivity contribution is 5.87. The second kappa shape index (κ2) is 5.25. The number of rotatable bonds is 2. The first-order valence-electron chi connectivity index (χ1n) is 6.63. The van der Waals surface area contributed by atoms with Gasteiger partial charge in [-0.15, -0.1) is 0 Å². The first kappa shape index (κ1) is 11.9. The fraction of sp³-hybridized carbons (Fsp3) is 0.111. The molecule has 2 N–H and O–H groups in total. The molecule has 1 unspecified atom stereocenters. The second-order valence-corrected chi connectivity index (χ2v) is 4.83. The van der Waals surface area contributed by atoms with Crippen LogP contribution < -0.4 is 5.73 Å². The Bertz CT molecular complexity index is 609. The normalized spacial score (nSPS) is 18.7. The van der Waals surface area contributed by atoms with Gasteiger partial charge in [0.25, 0.3) is 0 Å². The molecule has 2 aromatic rings. The number of nitrogens with two attached hydrogens (primary N) is 1. The Morgan fingerprint density at radius 2 is 1.37 bits per heavy atom. The Balaban J connectivity index is 2.00. The van der Waals surface area contributed by atoms with Crippen molar-refractivity contribution in [3.63, 3.8) is 0 Å². The van der Waals surface area contributed by atoms with Gasteiger partial charge >= 0.3 is 0 Å². The van der Waals surface area contributed by atoms with Gasteiger partial charge in [0.2, 0.25) is 0 Å². The van der Waals surface area contributed by atoms with Crippen LogP contribution in [0, 0.1) is 0 Å². The van der Waals surface area contributed by atoms with Gasteiger partial charge in [-0.3, -0.25) is 0 Å². The molecule has 1 aliphatic carbocycles. The molecule has 19 heavy (non-hydrogen) atoms. The minimum Gasteiger partial charge on any atom is -0.324 e. The van der Waals surface area contributed by atoms with E-state index < -0.39 is 0 Å². The molecule has 0 saturated carbocycles. The Hall–Kier alpha value is -2.12. The van der Waals surface area contributed by atoms with Crippen LogP contribution in [0.4, 0.5) is 0 Å². The number of hydrogen-bond donors (Lipinski definition) is 1. The maximum atomic E-state index is 6.24. The van der Waals surface area contributed by atoms with Crippen LogP contribution in [0.5, 0.6) is 0 Å². The topological polar surface area (TPSA) is 26.0 Å². The van der Waals surface area contributed by atoms with Gasteiger partial charge in [-0.25, -0.2) is 0 Å². The van der Waals surface area contributed by atoms with Gasteiger partial charge in [0, 0.05) is 6.04 Å². The van der Waals surface area contributed by atoms with E-state index in [1.54, 1.807) is 0 Å². The molecular weight excluding hydrogens is 230 g/mol. The van der Waals surface area contributed by atoms with Crippen molar-refractivity contribution in [2.24, 2.45) is 5.73 Å². The fourth-order valence-electron chi connectivity index (χ4n) is 2.47.